The van der Waals surface area contributed by atoms with Gasteiger partial charge in [0, 0.05) is 0 Å². The number of hydrogen-bond donors (Lipinski definition) is 3. The molecule has 0 bridgehead atoms. The molecule has 0 amide bonds. The predicted molar refractivity (Wildman–Crippen MR) is 166 cm³/mol. The van der Waals surface area contributed by atoms with E-state index in [0.29, 0.717) is 0 Å². The molecule has 1 nitrogen and oxygen atoms in total. The Morgan fingerprint density at radius 2 is 0.941 bits per heavy atom. The van der Waals surface area contributed by atoms with Gasteiger partial charge in [-0.15, -0.1) is 0 Å². The van der Waals surface area contributed by atoms with E-state index in [9.17, 15) is 4.89 Å². The van der Waals surface area contributed by atoms with Gasteiger partial charge in [-0.1, -0.05) is 33.1 Å². The van der Waals surface area contributed by atoms with Gasteiger partial charge in [0.1, 0.15) is 0 Å². The average molecular weight is 529 g/mol. The molecule has 1 aromatic rings. The van der Waals surface area contributed by atoms with E-state index in [2.05, 4.69) is 56.5 Å². The van der Waals surface area contributed by atoms with Gasteiger partial charge in [-0.2, -0.15) is 0 Å². The summed E-state index contributed by atoms with van der Waals surface area (Å²) in [6.45, 7) is 4.57. The van der Waals surface area contributed by atoms with Crippen LogP contribution in [0.15, 0.2) is 18.2 Å². The molecular formula is C30H57OPS2. The van der Waals surface area contributed by atoms with Crippen LogP contribution < -0.4 is 5.30 Å². The Bertz CT molecular complexity index is 600. The van der Waals surface area contributed by atoms with E-state index < -0.39 is 5.89 Å². The zero-order chi connectivity index (χ0) is 24.9. The van der Waals surface area contributed by atoms with E-state index in [1.165, 1.54) is 140 Å². The van der Waals surface area contributed by atoms with E-state index in [1.807, 2.05) is 0 Å². The van der Waals surface area contributed by atoms with Crippen LogP contribution in [0.25, 0.3) is 0 Å². The molecule has 1 aromatic carbocycles. The maximum atomic E-state index is 10.7. The molecule has 0 atom stereocenters. The molecule has 34 heavy (non-hydrogen) atoms. The molecule has 1 N–H and O–H groups in total. The average Bonchev–Trinajstić information content (AvgIpc) is 2.81. The second kappa shape index (κ2) is 21.4. The van der Waals surface area contributed by atoms with Gasteiger partial charge in [0.05, 0.1) is 0 Å². The summed E-state index contributed by atoms with van der Waals surface area (Å²) in [6.07, 6.45) is 29.5. The van der Waals surface area contributed by atoms with Crippen molar-refractivity contribution in [3.05, 3.63) is 29.3 Å². The molecule has 0 aliphatic carbocycles. The van der Waals surface area contributed by atoms with Crippen molar-refractivity contribution in [1.82, 2.24) is 0 Å². The molecule has 0 spiro atoms. The van der Waals surface area contributed by atoms with Crippen LogP contribution >= 0.6 is 30.4 Å². The maximum absolute atomic E-state index is 10.7. The van der Waals surface area contributed by atoms with Gasteiger partial charge in [-0.05, 0) is 0 Å². The Labute approximate surface area is 224 Å². The second-order valence-corrected chi connectivity index (χ2v) is 17.2. The third-order valence-electron chi connectivity index (χ3n) is 7.21. The summed E-state index contributed by atoms with van der Waals surface area (Å²) in [4.78, 5) is 10.7. The molecule has 200 valence electrons. The normalized spacial score (nSPS) is 12.4. The summed E-state index contributed by atoms with van der Waals surface area (Å²) in [7, 11) is 0. The van der Waals surface area contributed by atoms with Gasteiger partial charge >= 0.3 is 192 Å². The molecule has 0 aliphatic rings. The molecule has 0 saturated carbocycles. The smallest absolute Gasteiger partial charge is 0.0654 e. The molecule has 4 heteroatoms. The molecule has 0 aliphatic heterocycles. The van der Waals surface area contributed by atoms with Crippen LogP contribution in [-0.2, 0) is 12.8 Å². The molecule has 0 fully saturated rings. The molecule has 0 unspecified atom stereocenters. The van der Waals surface area contributed by atoms with Gasteiger partial charge in [-0.25, -0.2) is 0 Å². The Hall–Kier alpha value is 0.310. The van der Waals surface area contributed by atoms with E-state index in [4.69, 9.17) is 0 Å². The third-order valence-corrected chi connectivity index (χ3v) is 9.85. The molecule has 0 heterocycles. The van der Waals surface area contributed by atoms with Gasteiger partial charge < -0.3 is 0 Å². The van der Waals surface area contributed by atoms with Crippen molar-refractivity contribution in [3.8, 4) is 0 Å². The van der Waals surface area contributed by atoms with Crippen molar-refractivity contribution in [2.24, 2.45) is 0 Å². The Kier molecular flexibility index (Phi) is 20.4. The van der Waals surface area contributed by atoms with Crippen molar-refractivity contribution >= 4 is 35.7 Å². The number of thiol groups is 2. The van der Waals surface area contributed by atoms with Gasteiger partial charge in [0.2, 0.25) is 0 Å². The van der Waals surface area contributed by atoms with Crippen LogP contribution in [0.1, 0.15) is 153 Å². The van der Waals surface area contributed by atoms with Crippen molar-refractivity contribution in [3.63, 3.8) is 0 Å². The Morgan fingerprint density at radius 1 is 0.559 bits per heavy atom. The van der Waals surface area contributed by atoms with Gasteiger partial charge in [0.25, 0.3) is 0 Å². The van der Waals surface area contributed by atoms with Crippen LogP contribution in [-0.4, -0.2) is 4.89 Å². The first-order valence-corrected chi connectivity index (χ1v) is 19.3. The number of aryl methyl sites for hydroxylation is 1. The van der Waals surface area contributed by atoms with Crippen molar-refractivity contribution in [1.29, 1.82) is 0 Å². The minimum Gasteiger partial charge on any atom is -0.0654 e. The summed E-state index contributed by atoms with van der Waals surface area (Å²) in [5, 5.41) is 1.03. The fourth-order valence-electron chi connectivity index (χ4n) is 5.07. The number of unbranched alkanes of at least 4 members (excludes halogenated alkanes) is 18. The van der Waals surface area contributed by atoms with Gasteiger partial charge in [-0.3, -0.25) is 0 Å². The first-order chi connectivity index (χ1) is 16.5. The van der Waals surface area contributed by atoms with Crippen molar-refractivity contribution in [2.45, 2.75) is 155 Å². The molecule has 0 aromatic heterocycles. The standard InChI is InChI=1S/C30H57OPS2/c1-3-5-7-9-11-13-15-17-19-21-24-28-25-23-27-30(32(31,33)34)29(28)26-22-20-18-16-14-12-10-8-6-4-2/h23,25,27,31-34H,3-22,24,26H2,1-2H3. The van der Waals surface area contributed by atoms with Crippen molar-refractivity contribution in [2.75, 3.05) is 0 Å². The summed E-state index contributed by atoms with van der Waals surface area (Å²) in [5.41, 5.74) is 2.79. The zero-order valence-corrected chi connectivity index (χ0v) is 25.4. The van der Waals surface area contributed by atoms with Crippen molar-refractivity contribution < 1.29 is 4.89 Å². The van der Waals surface area contributed by atoms with E-state index >= 15 is 0 Å². The first-order valence-electron chi connectivity index (χ1n) is 14.8. The summed E-state index contributed by atoms with van der Waals surface area (Å²) < 4.78 is 0. The Balaban J connectivity index is 2.36. The minimum absolute atomic E-state index is 1.03. The first kappa shape index (κ1) is 32.3. The molecule has 0 saturated heterocycles. The summed E-state index contributed by atoms with van der Waals surface area (Å²) >= 11 is 9.05. The van der Waals surface area contributed by atoms with Gasteiger partial charge in [0.15, 0.2) is 0 Å². The van der Waals surface area contributed by atoms with Crippen LogP contribution in [0.3, 0.4) is 0 Å². The quantitative estimate of drug-likeness (QED) is 0.0733. The van der Waals surface area contributed by atoms with Crippen LogP contribution in [0.5, 0.6) is 0 Å². The van der Waals surface area contributed by atoms with E-state index in [0.717, 1.165) is 18.1 Å². The molecule has 1 rings (SSSR count). The molecular weight excluding hydrogens is 471 g/mol. The summed E-state index contributed by atoms with van der Waals surface area (Å²) in [6, 6.07) is 6.46. The second-order valence-electron chi connectivity index (χ2n) is 10.4. The zero-order valence-electron chi connectivity index (χ0n) is 22.6. The predicted octanol–water partition coefficient (Wildman–Crippen LogP) is 10.6. The fraction of sp³-hybridized carbons (Fsp3) is 0.800. The third kappa shape index (κ3) is 16.1. The Morgan fingerprint density at radius 3 is 1.35 bits per heavy atom. The number of benzene rings is 1. The minimum atomic E-state index is -2.90. The van der Waals surface area contributed by atoms with Crippen LogP contribution in [0.4, 0.5) is 0 Å². The monoisotopic (exact) mass is 528 g/mol. The fourth-order valence-corrected chi connectivity index (χ4v) is 7.34. The number of rotatable bonds is 23. The van der Waals surface area contributed by atoms with Crippen LogP contribution in [0, 0.1) is 0 Å². The SMILES string of the molecule is CCCCCCCCCCCCc1cccc([PH](O)(S)S)c1CCCCCCCCCCCC. The van der Waals surface area contributed by atoms with E-state index in [-0.39, 0.29) is 0 Å². The number of hydrogen-bond acceptors (Lipinski definition) is 3. The van der Waals surface area contributed by atoms with E-state index in [1.54, 1.807) is 0 Å². The summed E-state index contributed by atoms with van der Waals surface area (Å²) in [5.74, 6) is -2.90. The molecule has 0 radical (unpaired) electrons. The van der Waals surface area contributed by atoms with Crippen LogP contribution in [0.2, 0.25) is 0 Å². The topological polar surface area (TPSA) is 20.2 Å².